The predicted molar refractivity (Wildman–Crippen MR) is 80.7 cm³/mol. The van der Waals surface area contributed by atoms with Gasteiger partial charge in [-0.1, -0.05) is 24.3 Å². The number of carbonyl (C=O) groups excluding carboxylic acids is 1. The molecule has 0 spiro atoms. The monoisotopic (exact) mass is 317 g/mol. The standard InChI is InChI=1S/C16H15NO4S/c18-15-6-3-9-17(15)16-10-13-12-5-2-1-4-11(12)7-8-14(13)22(19,20)21-16/h1-2,4-5,10H,3,6-9H2. The van der Waals surface area contributed by atoms with Crippen LogP contribution in [0.15, 0.2) is 41.1 Å². The topological polar surface area (TPSA) is 63.7 Å². The van der Waals surface area contributed by atoms with Crippen molar-refractivity contribution in [2.75, 3.05) is 6.54 Å². The van der Waals surface area contributed by atoms with Crippen molar-refractivity contribution in [2.45, 2.75) is 25.7 Å². The number of allylic oxidation sites excluding steroid dienone is 3. The highest BCUT2D eigenvalue weighted by Crippen LogP contribution is 2.40. The van der Waals surface area contributed by atoms with Gasteiger partial charge >= 0.3 is 10.1 Å². The molecule has 4 rings (SSSR count). The fraction of sp³-hybridized carbons (Fsp3) is 0.312. The number of carbonyl (C=O) groups is 1. The first kappa shape index (κ1) is 13.6. The Labute approximate surface area is 129 Å². The maximum Gasteiger partial charge on any atom is 0.337 e. The first-order valence-corrected chi connectivity index (χ1v) is 8.75. The fourth-order valence-corrected chi connectivity index (χ4v) is 4.52. The maximum absolute atomic E-state index is 12.4. The molecular weight excluding hydrogens is 302 g/mol. The summed E-state index contributed by atoms with van der Waals surface area (Å²) in [5.41, 5.74) is 2.71. The van der Waals surface area contributed by atoms with Crippen LogP contribution in [0.3, 0.4) is 0 Å². The lowest BCUT2D eigenvalue weighted by atomic mass is 9.90. The molecule has 0 radical (unpaired) electrons. The van der Waals surface area contributed by atoms with Crippen molar-refractivity contribution in [1.29, 1.82) is 0 Å². The molecule has 1 aromatic carbocycles. The second-order valence-corrected chi connectivity index (χ2v) is 7.23. The second kappa shape index (κ2) is 4.71. The molecular formula is C16H15NO4S. The largest absolute Gasteiger partial charge is 0.360 e. The zero-order valence-electron chi connectivity index (χ0n) is 11.9. The van der Waals surface area contributed by atoms with E-state index in [1.54, 1.807) is 6.08 Å². The van der Waals surface area contributed by atoms with Crippen LogP contribution >= 0.6 is 0 Å². The molecule has 1 aliphatic carbocycles. The number of benzene rings is 1. The highest BCUT2D eigenvalue weighted by molar-refractivity contribution is 7.91. The SMILES string of the molecule is O=C1CCCN1C1=CC2=C(CCc3ccccc32)S(=O)(=O)O1. The van der Waals surface area contributed by atoms with Gasteiger partial charge in [0.15, 0.2) is 0 Å². The molecule has 6 heteroatoms. The quantitative estimate of drug-likeness (QED) is 0.745. The Hall–Kier alpha value is -2.08. The second-order valence-electron chi connectivity index (χ2n) is 5.66. The van der Waals surface area contributed by atoms with E-state index >= 15 is 0 Å². The molecule has 1 fully saturated rings. The van der Waals surface area contributed by atoms with E-state index < -0.39 is 10.1 Å². The average molecular weight is 317 g/mol. The predicted octanol–water partition coefficient (Wildman–Crippen LogP) is 2.17. The molecule has 1 aromatic rings. The van der Waals surface area contributed by atoms with E-state index in [1.165, 1.54) is 4.90 Å². The van der Waals surface area contributed by atoms with E-state index in [-0.39, 0.29) is 11.8 Å². The van der Waals surface area contributed by atoms with Gasteiger partial charge in [0.2, 0.25) is 11.8 Å². The zero-order valence-corrected chi connectivity index (χ0v) is 12.7. The molecule has 1 amide bonds. The Balaban J connectivity index is 1.88. The number of hydrogen-bond donors (Lipinski definition) is 0. The van der Waals surface area contributed by atoms with Gasteiger partial charge in [-0.15, -0.1) is 0 Å². The minimum Gasteiger partial charge on any atom is -0.360 e. The zero-order chi connectivity index (χ0) is 15.3. The van der Waals surface area contributed by atoms with Crippen LogP contribution in [0.4, 0.5) is 0 Å². The van der Waals surface area contributed by atoms with E-state index in [0.717, 1.165) is 17.5 Å². The van der Waals surface area contributed by atoms with Gasteiger partial charge in [-0.3, -0.25) is 9.69 Å². The minimum absolute atomic E-state index is 0.0883. The lowest BCUT2D eigenvalue weighted by Gasteiger charge is -2.28. The van der Waals surface area contributed by atoms with Crippen molar-refractivity contribution in [3.8, 4) is 0 Å². The Kier molecular flexibility index (Phi) is 2.91. The van der Waals surface area contributed by atoms with Gasteiger partial charge < -0.3 is 4.18 Å². The van der Waals surface area contributed by atoms with Gasteiger partial charge in [0.25, 0.3) is 0 Å². The number of nitrogens with zero attached hydrogens (tertiary/aromatic N) is 1. The van der Waals surface area contributed by atoms with Gasteiger partial charge in [-0.25, -0.2) is 0 Å². The highest BCUT2D eigenvalue weighted by Gasteiger charge is 2.37. The van der Waals surface area contributed by atoms with Crippen LogP contribution in [-0.2, 0) is 25.5 Å². The molecule has 2 aliphatic heterocycles. The lowest BCUT2D eigenvalue weighted by molar-refractivity contribution is -0.127. The third-order valence-corrected chi connectivity index (χ3v) is 5.75. The number of fused-ring (bicyclic) bond motifs is 2. The smallest absolute Gasteiger partial charge is 0.337 e. The normalized spacial score (nSPS) is 22.8. The summed E-state index contributed by atoms with van der Waals surface area (Å²) in [6, 6.07) is 7.78. The van der Waals surface area contributed by atoms with Crippen LogP contribution in [0.1, 0.15) is 30.4 Å². The average Bonchev–Trinajstić information content (AvgIpc) is 2.92. The van der Waals surface area contributed by atoms with E-state index in [9.17, 15) is 13.2 Å². The number of likely N-dealkylation sites (tertiary alicyclic amines) is 1. The van der Waals surface area contributed by atoms with E-state index in [0.29, 0.717) is 36.3 Å². The van der Waals surface area contributed by atoms with Crippen LogP contribution < -0.4 is 0 Å². The number of aryl methyl sites for hydroxylation is 1. The van der Waals surface area contributed by atoms with Gasteiger partial charge in [0.1, 0.15) is 0 Å². The number of hydrogen-bond acceptors (Lipinski definition) is 4. The molecule has 0 aromatic heterocycles. The summed E-state index contributed by atoms with van der Waals surface area (Å²) >= 11 is 0. The molecule has 5 nitrogen and oxygen atoms in total. The van der Waals surface area contributed by atoms with E-state index in [4.69, 9.17) is 4.18 Å². The fourth-order valence-electron chi connectivity index (χ4n) is 3.27. The maximum atomic E-state index is 12.4. The van der Waals surface area contributed by atoms with Crippen LogP contribution in [0, 0.1) is 0 Å². The minimum atomic E-state index is -3.82. The van der Waals surface area contributed by atoms with Crippen LogP contribution in [0.5, 0.6) is 0 Å². The molecule has 0 N–H and O–H groups in total. The Morgan fingerprint density at radius 2 is 1.91 bits per heavy atom. The molecule has 3 aliphatic rings. The third kappa shape index (κ3) is 1.98. The number of rotatable bonds is 1. The molecule has 0 atom stereocenters. The molecule has 0 bridgehead atoms. The highest BCUT2D eigenvalue weighted by atomic mass is 32.2. The summed E-state index contributed by atoms with van der Waals surface area (Å²) in [5, 5.41) is 0. The molecule has 0 unspecified atom stereocenters. The molecule has 0 saturated carbocycles. The Morgan fingerprint density at radius 1 is 1.09 bits per heavy atom. The van der Waals surface area contributed by atoms with Crippen molar-refractivity contribution in [3.63, 3.8) is 0 Å². The van der Waals surface area contributed by atoms with Crippen LogP contribution in [0.25, 0.3) is 5.57 Å². The van der Waals surface area contributed by atoms with Crippen molar-refractivity contribution in [1.82, 2.24) is 4.90 Å². The summed E-state index contributed by atoms with van der Waals surface area (Å²) in [5.74, 6) is 0.0487. The van der Waals surface area contributed by atoms with E-state index in [1.807, 2.05) is 24.3 Å². The van der Waals surface area contributed by atoms with Crippen molar-refractivity contribution < 1.29 is 17.4 Å². The Morgan fingerprint density at radius 3 is 2.68 bits per heavy atom. The molecule has 2 heterocycles. The Bertz CT molecular complexity index is 835. The summed E-state index contributed by atoms with van der Waals surface area (Å²) in [4.78, 5) is 13.6. The summed E-state index contributed by atoms with van der Waals surface area (Å²) in [7, 11) is -3.82. The van der Waals surface area contributed by atoms with Gasteiger partial charge in [-0.2, -0.15) is 8.42 Å². The van der Waals surface area contributed by atoms with E-state index in [2.05, 4.69) is 0 Å². The molecule has 1 saturated heterocycles. The van der Waals surface area contributed by atoms with Gasteiger partial charge in [0, 0.05) is 24.6 Å². The van der Waals surface area contributed by atoms with Crippen LogP contribution in [0.2, 0.25) is 0 Å². The summed E-state index contributed by atoms with van der Waals surface area (Å²) in [6.07, 6.45) is 3.98. The lowest BCUT2D eigenvalue weighted by Crippen LogP contribution is -2.30. The molecule has 114 valence electrons. The van der Waals surface area contributed by atoms with Crippen molar-refractivity contribution in [3.05, 3.63) is 52.3 Å². The molecule has 22 heavy (non-hydrogen) atoms. The van der Waals surface area contributed by atoms with Crippen molar-refractivity contribution in [2.24, 2.45) is 0 Å². The summed E-state index contributed by atoms with van der Waals surface area (Å²) < 4.78 is 30.1. The van der Waals surface area contributed by atoms with Crippen molar-refractivity contribution >= 4 is 21.6 Å². The first-order chi connectivity index (χ1) is 10.6. The summed E-state index contributed by atoms with van der Waals surface area (Å²) in [6.45, 7) is 0.504. The first-order valence-electron chi connectivity index (χ1n) is 7.34. The number of amides is 1. The van der Waals surface area contributed by atoms with Gasteiger partial charge in [0.05, 0.1) is 4.91 Å². The van der Waals surface area contributed by atoms with Gasteiger partial charge in [-0.05, 0) is 30.4 Å². The third-order valence-electron chi connectivity index (χ3n) is 4.33. The van der Waals surface area contributed by atoms with Crippen LogP contribution in [-0.4, -0.2) is 25.8 Å².